The Morgan fingerprint density at radius 2 is 1.67 bits per heavy atom. The van der Waals surface area contributed by atoms with Gasteiger partial charge >= 0.3 is 9.53 Å². The molecule has 18 heavy (non-hydrogen) atoms. The molecule has 0 amide bonds. The highest BCUT2D eigenvalue weighted by Gasteiger charge is 2.15. The van der Waals surface area contributed by atoms with Gasteiger partial charge in [-0.05, 0) is 33.6 Å². The lowest BCUT2D eigenvalue weighted by atomic mass is 10.1. The highest BCUT2D eigenvalue weighted by atomic mass is 28.3. The Labute approximate surface area is 114 Å². The van der Waals surface area contributed by atoms with Crippen LogP contribution in [0.4, 0.5) is 0 Å². The molecule has 0 rings (SSSR count). The van der Waals surface area contributed by atoms with Gasteiger partial charge in [-0.1, -0.05) is 38.3 Å². The fourth-order valence-corrected chi connectivity index (χ4v) is 2.84. The van der Waals surface area contributed by atoms with Crippen molar-refractivity contribution in [1.29, 1.82) is 0 Å². The summed E-state index contributed by atoms with van der Waals surface area (Å²) in [6.45, 7) is 9.53. The quantitative estimate of drug-likeness (QED) is 0.308. The standard InChI is InChI=1S/C14H30O3Si/c1-5-8-9-10-11-12-13-14(4)17-18(15-6-2)16-7-3/h12-14,18H,5-11H2,1-4H3. The minimum atomic E-state index is -1.91. The van der Waals surface area contributed by atoms with Gasteiger partial charge in [0.15, 0.2) is 0 Å². The van der Waals surface area contributed by atoms with Crippen LogP contribution in [0.5, 0.6) is 0 Å². The van der Waals surface area contributed by atoms with E-state index in [1.165, 1.54) is 25.7 Å². The van der Waals surface area contributed by atoms with Crippen LogP contribution in [0.1, 0.15) is 59.8 Å². The minimum absolute atomic E-state index is 0.0888. The SMILES string of the molecule is CCCCCCC=CC(C)O[SiH](OCC)OCC. The Hall–Kier alpha value is -0.163. The Morgan fingerprint density at radius 1 is 1.00 bits per heavy atom. The molecule has 0 bridgehead atoms. The molecule has 0 saturated heterocycles. The number of hydrogen-bond donors (Lipinski definition) is 0. The van der Waals surface area contributed by atoms with Crippen molar-refractivity contribution in [3.05, 3.63) is 12.2 Å². The zero-order valence-corrected chi connectivity index (χ0v) is 13.6. The molecular weight excluding hydrogens is 244 g/mol. The maximum atomic E-state index is 5.77. The van der Waals surface area contributed by atoms with Crippen molar-refractivity contribution in [2.75, 3.05) is 13.2 Å². The van der Waals surface area contributed by atoms with E-state index >= 15 is 0 Å². The van der Waals surface area contributed by atoms with Crippen molar-refractivity contribution >= 4 is 9.53 Å². The highest BCUT2D eigenvalue weighted by Crippen LogP contribution is 2.05. The second kappa shape index (κ2) is 13.3. The number of allylic oxidation sites excluding steroid dienone is 1. The molecule has 0 fully saturated rings. The van der Waals surface area contributed by atoms with Crippen molar-refractivity contribution in [2.45, 2.75) is 65.9 Å². The molecule has 108 valence electrons. The summed E-state index contributed by atoms with van der Waals surface area (Å²) in [6, 6.07) is 0. The van der Waals surface area contributed by atoms with Crippen LogP contribution in [0.15, 0.2) is 12.2 Å². The molecule has 0 saturated carbocycles. The third-order valence-electron chi connectivity index (χ3n) is 2.56. The Kier molecular flexibility index (Phi) is 13.2. The predicted molar refractivity (Wildman–Crippen MR) is 78.8 cm³/mol. The monoisotopic (exact) mass is 274 g/mol. The number of hydrogen-bond acceptors (Lipinski definition) is 3. The largest absolute Gasteiger partial charge is 0.484 e. The van der Waals surface area contributed by atoms with E-state index in [2.05, 4.69) is 19.1 Å². The maximum Gasteiger partial charge on any atom is 0.484 e. The molecule has 0 N–H and O–H groups in total. The molecule has 3 nitrogen and oxygen atoms in total. The van der Waals surface area contributed by atoms with E-state index < -0.39 is 9.53 Å². The van der Waals surface area contributed by atoms with Gasteiger partial charge in [0.2, 0.25) is 0 Å². The van der Waals surface area contributed by atoms with Gasteiger partial charge in [0, 0.05) is 13.2 Å². The molecule has 1 atom stereocenters. The summed E-state index contributed by atoms with van der Waals surface area (Å²) in [5.74, 6) is 0. The van der Waals surface area contributed by atoms with Crippen LogP contribution in [0, 0.1) is 0 Å². The second-order valence-corrected chi connectivity index (χ2v) is 5.83. The zero-order chi connectivity index (χ0) is 13.6. The van der Waals surface area contributed by atoms with Crippen molar-refractivity contribution in [1.82, 2.24) is 0 Å². The summed E-state index contributed by atoms with van der Waals surface area (Å²) in [5, 5.41) is 0. The Balaban J connectivity index is 3.71. The second-order valence-electron chi connectivity index (χ2n) is 4.32. The van der Waals surface area contributed by atoms with Crippen LogP contribution >= 0.6 is 0 Å². The third-order valence-corrected chi connectivity index (χ3v) is 4.43. The molecular formula is C14H30O3Si. The summed E-state index contributed by atoms with van der Waals surface area (Å²) >= 11 is 0. The van der Waals surface area contributed by atoms with E-state index in [0.29, 0.717) is 13.2 Å². The molecule has 1 unspecified atom stereocenters. The lowest BCUT2D eigenvalue weighted by molar-refractivity contribution is 0.0860. The number of rotatable bonds is 12. The Bertz CT molecular complexity index is 191. The summed E-state index contributed by atoms with van der Waals surface area (Å²) in [6.07, 6.45) is 10.8. The van der Waals surface area contributed by atoms with Crippen LogP contribution in [0.2, 0.25) is 0 Å². The molecule has 0 aliphatic carbocycles. The maximum absolute atomic E-state index is 5.77. The normalized spacial score (nSPS) is 13.6. The fraction of sp³-hybridized carbons (Fsp3) is 0.857. The topological polar surface area (TPSA) is 27.7 Å². The van der Waals surface area contributed by atoms with Gasteiger partial charge in [-0.15, -0.1) is 0 Å². The smallest absolute Gasteiger partial charge is 0.376 e. The van der Waals surface area contributed by atoms with Gasteiger partial charge in [-0.2, -0.15) is 0 Å². The van der Waals surface area contributed by atoms with Crippen molar-refractivity contribution in [2.24, 2.45) is 0 Å². The molecule has 0 aromatic carbocycles. The van der Waals surface area contributed by atoms with Crippen LogP contribution < -0.4 is 0 Å². The Morgan fingerprint density at radius 3 is 2.22 bits per heavy atom. The van der Waals surface area contributed by atoms with E-state index in [0.717, 1.165) is 6.42 Å². The molecule has 0 radical (unpaired) electrons. The highest BCUT2D eigenvalue weighted by molar-refractivity contribution is 6.36. The molecule has 0 aromatic rings. The first kappa shape index (κ1) is 17.8. The van der Waals surface area contributed by atoms with E-state index in [-0.39, 0.29) is 6.10 Å². The van der Waals surface area contributed by atoms with Gasteiger partial charge in [0.25, 0.3) is 0 Å². The van der Waals surface area contributed by atoms with Crippen molar-refractivity contribution < 1.29 is 13.3 Å². The van der Waals surface area contributed by atoms with Gasteiger partial charge in [-0.3, -0.25) is 0 Å². The molecule has 4 heteroatoms. The van der Waals surface area contributed by atoms with Gasteiger partial charge in [0.05, 0.1) is 6.10 Å². The summed E-state index contributed by atoms with van der Waals surface area (Å²) < 4.78 is 16.7. The number of unbranched alkanes of at least 4 members (excludes halogenated alkanes) is 4. The lowest BCUT2D eigenvalue weighted by Gasteiger charge is -2.17. The van der Waals surface area contributed by atoms with Crippen molar-refractivity contribution in [3.8, 4) is 0 Å². The zero-order valence-electron chi connectivity index (χ0n) is 12.5. The van der Waals surface area contributed by atoms with Crippen molar-refractivity contribution in [3.63, 3.8) is 0 Å². The third kappa shape index (κ3) is 11.0. The van der Waals surface area contributed by atoms with E-state index in [4.69, 9.17) is 13.3 Å². The van der Waals surface area contributed by atoms with Gasteiger partial charge in [-0.25, -0.2) is 0 Å². The molecule has 0 aliphatic rings. The summed E-state index contributed by atoms with van der Waals surface area (Å²) in [5.41, 5.74) is 0. The molecule has 0 heterocycles. The van der Waals surface area contributed by atoms with Gasteiger partial charge in [0.1, 0.15) is 0 Å². The van der Waals surface area contributed by atoms with E-state index in [1.807, 2.05) is 20.8 Å². The average molecular weight is 274 g/mol. The van der Waals surface area contributed by atoms with Crippen LogP contribution in [0.25, 0.3) is 0 Å². The minimum Gasteiger partial charge on any atom is -0.376 e. The first-order valence-electron chi connectivity index (χ1n) is 7.29. The summed E-state index contributed by atoms with van der Waals surface area (Å²) in [7, 11) is -1.91. The van der Waals surface area contributed by atoms with E-state index in [9.17, 15) is 0 Å². The first-order valence-corrected chi connectivity index (χ1v) is 8.71. The van der Waals surface area contributed by atoms with Crippen LogP contribution in [-0.4, -0.2) is 28.8 Å². The van der Waals surface area contributed by atoms with Crippen LogP contribution in [-0.2, 0) is 13.3 Å². The molecule has 0 aromatic heterocycles. The first-order chi connectivity index (χ1) is 8.74. The van der Waals surface area contributed by atoms with E-state index in [1.54, 1.807) is 0 Å². The predicted octanol–water partition coefficient (Wildman–Crippen LogP) is 3.71. The summed E-state index contributed by atoms with van der Waals surface area (Å²) in [4.78, 5) is 0. The lowest BCUT2D eigenvalue weighted by Crippen LogP contribution is -2.30. The fourth-order valence-electron chi connectivity index (χ4n) is 1.60. The molecule has 0 spiro atoms. The molecule has 0 aliphatic heterocycles. The van der Waals surface area contributed by atoms with Gasteiger partial charge < -0.3 is 13.3 Å². The van der Waals surface area contributed by atoms with Crippen LogP contribution in [0.3, 0.4) is 0 Å². The average Bonchev–Trinajstić information content (AvgIpc) is 2.34.